The van der Waals surface area contributed by atoms with Crippen molar-refractivity contribution in [2.45, 2.75) is 13.5 Å². The van der Waals surface area contributed by atoms with Crippen LogP contribution in [0.1, 0.15) is 11.1 Å². The Morgan fingerprint density at radius 1 is 1.20 bits per heavy atom. The molecule has 0 unspecified atom stereocenters. The predicted octanol–water partition coefficient (Wildman–Crippen LogP) is 5.02. The number of alkyl halides is 2. The van der Waals surface area contributed by atoms with Gasteiger partial charge < -0.3 is 14.8 Å². The number of halogens is 3. The van der Waals surface area contributed by atoms with Crippen LogP contribution < -0.4 is 14.8 Å². The van der Waals surface area contributed by atoms with Gasteiger partial charge in [-0.05, 0) is 48.4 Å². The van der Waals surface area contributed by atoms with E-state index in [0.717, 1.165) is 10.0 Å². The molecule has 1 amide bonds. The molecule has 0 saturated heterocycles. The molecule has 0 aliphatic rings. The molecule has 0 saturated carbocycles. The van der Waals surface area contributed by atoms with Crippen LogP contribution in [0.15, 0.2) is 46.9 Å². The first-order valence-electron chi connectivity index (χ1n) is 7.27. The Balaban J connectivity index is 2.10. The minimum absolute atomic E-state index is 0.0659. The number of hydrogen-bond acceptors (Lipinski definition) is 3. The van der Waals surface area contributed by atoms with Crippen LogP contribution in [0.4, 0.5) is 14.5 Å². The molecular formula is C18H16BrF2NO3. The van der Waals surface area contributed by atoms with Crippen LogP contribution in [0.3, 0.4) is 0 Å². The van der Waals surface area contributed by atoms with E-state index in [1.54, 1.807) is 18.2 Å². The lowest BCUT2D eigenvalue weighted by molar-refractivity contribution is -0.111. The molecular weight excluding hydrogens is 396 g/mol. The molecule has 2 aromatic rings. The third-order valence-electron chi connectivity index (χ3n) is 3.29. The average molecular weight is 412 g/mol. The van der Waals surface area contributed by atoms with Crippen LogP contribution in [0.2, 0.25) is 0 Å². The highest BCUT2D eigenvalue weighted by molar-refractivity contribution is 9.10. The fourth-order valence-corrected chi connectivity index (χ4v) is 2.42. The summed E-state index contributed by atoms with van der Waals surface area (Å²) in [7, 11) is 1.35. The first-order valence-corrected chi connectivity index (χ1v) is 8.06. The SMILES string of the molecule is COc1cc(C=CC(=O)Nc2cc(Br)ccc2C)ccc1OC(F)F. The lowest BCUT2D eigenvalue weighted by Crippen LogP contribution is -2.08. The number of benzene rings is 2. The molecule has 0 aliphatic heterocycles. The van der Waals surface area contributed by atoms with E-state index in [1.807, 2.05) is 19.1 Å². The minimum Gasteiger partial charge on any atom is -0.493 e. The average Bonchev–Trinajstić information content (AvgIpc) is 2.56. The lowest BCUT2D eigenvalue weighted by atomic mass is 10.1. The van der Waals surface area contributed by atoms with E-state index < -0.39 is 6.61 Å². The molecule has 1 N–H and O–H groups in total. The van der Waals surface area contributed by atoms with Crippen LogP contribution in [0.5, 0.6) is 11.5 Å². The standard InChI is InChI=1S/C18H16BrF2NO3/c1-11-3-6-13(19)10-14(11)22-17(23)8-5-12-4-7-15(25-18(20)21)16(9-12)24-2/h3-10,18H,1-2H3,(H,22,23). The van der Waals surface area contributed by atoms with Crippen LogP contribution in [-0.2, 0) is 4.79 Å². The number of rotatable bonds is 6. The van der Waals surface area contributed by atoms with E-state index in [0.29, 0.717) is 11.3 Å². The number of anilines is 1. The van der Waals surface area contributed by atoms with Gasteiger partial charge in [-0.3, -0.25) is 4.79 Å². The first kappa shape index (κ1) is 18.9. The Labute approximate surface area is 152 Å². The summed E-state index contributed by atoms with van der Waals surface area (Å²) in [4.78, 5) is 12.0. The number of hydrogen-bond donors (Lipinski definition) is 1. The number of carbonyl (C=O) groups excluding carboxylic acids is 1. The number of carbonyl (C=O) groups is 1. The second kappa shape index (κ2) is 8.62. The van der Waals surface area contributed by atoms with Crippen molar-refractivity contribution >= 4 is 33.6 Å². The number of aryl methyl sites for hydroxylation is 1. The summed E-state index contributed by atoms with van der Waals surface area (Å²) in [5.74, 6) is -0.220. The Hall–Kier alpha value is -2.41. The molecule has 0 atom stereocenters. The van der Waals surface area contributed by atoms with E-state index in [2.05, 4.69) is 26.0 Å². The lowest BCUT2D eigenvalue weighted by Gasteiger charge is -2.10. The molecule has 132 valence electrons. The number of ether oxygens (including phenoxy) is 2. The van der Waals surface area contributed by atoms with Crippen LogP contribution in [-0.4, -0.2) is 19.6 Å². The molecule has 0 radical (unpaired) electrons. The maximum absolute atomic E-state index is 12.3. The van der Waals surface area contributed by atoms with E-state index in [9.17, 15) is 13.6 Å². The number of nitrogens with one attached hydrogen (secondary N) is 1. The predicted molar refractivity (Wildman–Crippen MR) is 96.2 cm³/mol. The van der Waals surface area contributed by atoms with Gasteiger partial charge in [0.05, 0.1) is 7.11 Å². The maximum Gasteiger partial charge on any atom is 0.387 e. The molecule has 0 aromatic heterocycles. The highest BCUT2D eigenvalue weighted by atomic mass is 79.9. The third kappa shape index (κ3) is 5.56. The summed E-state index contributed by atoms with van der Waals surface area (Å²) in [6, 6.07) is 9.99. The Morgan fingerprint density at radius 3 is 2.64 bits per heavy atom. The quantitative estimate of drug-likeness (QED) is 0.678. The van der Waals surface area contributed by atoms with Gasteiger partial charge in [-0.2, -0.15) is 8.78 Å². The fraction of sp³-hybridized carbons (Fsp3) is 0.167. The van der Waals surface area contributed by atoms with E-state index >= 15 is 0 Å². The first-order chi connectivity index (χ1) is 11.9. The number of methoxy groups -OCH3 is 1. The van der Waals surface area contributed by atoms with Crippen molar-refractivity contribution in [3.8, 4) is 11.5 Å². The van der Waals surface area contributed by atoms with Gasteiger partial charge in [0.1, 0.15) is 0 Å². The van der Waals surface area contributed by atoms with Crippen molar-refractivity contribution in [3.63, 3.8) is 0 Å². The van der Waals surface area contributed by atoms with Crippen molar-refractivity contribution in [1.29, 1.82) is 0 Å². The largest absolute Gasteiger partial charge is 0.493 e. The zero-order valence-electron chi connectivity index (χ0n) is 13.6. The van der Waals surface area contributed by atoms with E-state index in [-0.39, 0.29) is 17.4 Å². The monoisotopic (exact) mass is 411 g/mol. The number of amides is 1. The van der Waals surface area contributed by atoms with Crippen LogP contribution >= 0.6 is 15.9 Å². The molecule has 7 heteroatoms. The summed E-state index contributed by atoms with van der Waals surface area (Å²) in [5, 5.41) is 2.78. The molecule has 0 heterocycles. The fourth-order valence-electron chi connectivity index (χ4n) is 2.06. The Kier molecular flexibility index (Phi) is 6.52. The molecule has 0 aliphatic carbocycles. The van der Waals surface area contributed by atoms with Crippen LogP contribution in [0.25, 0.3) is 6.08 Å². The molecule has 0 fully saturated rings. The van der Waals surface area contributed by atoms with Crippen molar-refractivity contribution in [2.75, 3.05) is 12.4 Å². The van der Waals surface area contributed by atoms with Crippen molar-refractivity contribution in [1.82, 2.24) is 0 Å². The highest BCUT2D eigenvalue weighted by Gasteiger charge is 2.10. The van der Waals surface area contributed by atoms with Gasteiger partial charge in [0, 0.05) is 16.2 Å². The molecule has 0 bridgehead atoms. The molecule has 2 aromatic carbocycles. The zero-order chi connectivity index (χ0) is 18.4. The van der Waals surface area contributed by atoms with Crippen LogP contribution in [0, 0.1) is 6.92 Å². The topological polar surface area (TPSA) is 47.6 Å². The summed E-state index contributed by atoms with van der Waals surface area (Å²) in [5.41, 5.74) is 2.24. The van der Waals surface area contributed by atoms with Gasteiger partial charge in [0.2, 0.25) is 5.91 Å². The normalized spacial score (nSPS) is 11.0. The third-order valence-corrected chi connectivity index (χ3v) is 3.78. The van der Waals surface area contributed by atoms with E-state index in [1.165, 1.54) is 25.3 Å². The molecule has 4 nitrogen and oxygen atoms in total. The van der Waals surface area contributed by atoms with Crippen molar-refractivity contribution < 1.29 is 23.0 Å². The van der Waals surface area contributed by atoms with Crippen molar-refractivity contribution in [2.24, 2.45) is 0 Å². The second-order valence-electron chi connectivity index (χ2n) is 5.07. The van der Waals surface area contributed by atoms with Gasteiger partial charge >= 0.3 is 6.61 Å². The summed E-state index contributed by atoms with van der Waals surface area (Å²) in [6.07, 6.45) is 2.90. The van der Waals surface area contributed by atoms with Gasteiger partial charge in [-0.15, -0.1) is 0 Å². The second-order valence-corrected chi connectivity index (χ2v) is 5.99. The van der Waals surface area contributed by atoms with Gasteiger partial charge in [-0.1, -0.05) is 28.1 Å². The summed E-state index contributed by atoms with van der Waals surface area (Å²) in [6.45, 7) is -1.05. The molecule has 25 heavy (non-hydrogen) atoms. The molecule has 0 spiro atoms. The van der Waals surface area contributed by atoms with Crippen molar-refractivity contribution in [3.05, 3.63) is 58.1 Å². The summed E-state index contributed by atoms with van der Waals surface area (Å²) >= 11 is 3.35. The Morgan fingerprint density at radius 2 is 1.96 bits per heavy atom. The zero-order valence-corrected chi connectivity index (χ0v) is 15.1. The summed E-state index contributed by atoms with van der Waals surface area (Å²) < 4.78 is 34.9. The smallest absolute Gasteiger partial charge is 0.387 e. The van der Waals surface area contributed by atoms with Gasteiger partial charge in [0.15, 0.2) is 11.5 Å². The minimum atomic E-state index is -2.94. The van der Waals surface area contributed by atoms with Gasteiger partial charge in [0.25, 0.3) is 0 Å². The van der Waals surface area contributed by atoms with E-state index in [4.69, 9.17) is 4.74 Å². The Bertz CT molecular complexity index is 794. The molecule has 2 rings (SSSR count). The van der Waals surface area contributed by atoms with Gasteiger partial charge in [-0.25, -0.2) is 0 Å². The highest BCUT2D eigenvalue weighted by Crippen LogP contribution is 2.30. The maximum atomic E-state index is 12.3.